The highest BCUT2D eigenvalue weighted by Crippen LogP contribution is 2.19. The van der Waals surface area contributed by atoms with Gasteiger partial charge in [0.15, 0.2) is 0 Å². The number of nitrogens with one attached hydrogen (secondary N) is 1. The van der Waals surface area contributed by atoms with E-state index in [0.717, 1.165) is 11.4 Å². The molecule has 100 valence electrons. The Morgan fingerprint density at radius 2 is 1.95 bits per heavy atom. The summed E-state index contributed by atoms with van der Waals surface area (Å²) in [5.41, 5.74) is 2.22. The van der Waals surface area contributed by atoms with Gasteiger partial charge in [0.1, 0.15) is 11.9 Å². The molecule has 0 aliphatic carbocycles. The minimum Gasteiger partial charge on any atom is -0.340 e. The lowest BCUT2D eigenvalue weighted by Crippen LogP contribution is -2.22. The Kier molecular flexibility index (Phi) is 3.96. The third kappa shape index (κ3) is 3.12. The fourth-order valence-corrected chi connectivity index (χ4v) is 1.63. The fourth-order valence-electron chi connectivity index (χ4n) is 1.63. The standard InChI is InChI=1S/C15H14N4O/c1-11(20)19(2)14-6-4-13(5-7-14)18-15-8-3-12(9-16)10-17-15/h3-8,10H,1-2H3,(H,17,18). The van der Waals surface area contributed by atoms with E-state index in [4.69, 9.17) is 5.26 Å². The van der Waals surface area contributed by atoms with Gasteiger partial charge in [0.05, 0.1) is 5.56 Å². The Labute approximate surface area is 117 Å². The van der Waals surface area contributed by atoms with Crippen LogP contribution in [0.3, 0.4) is 0 Å². The molecule has 5 heteroatoms. The number of carbonyl (C=O) groups is 1. The number of hydrogen-bond donors (Lipinski definition) is 1. The molecule has 1 heterocycles. The predicted octanol–water partition coefficient (Wildman–Crippen LogP) is 2.68. The number of pyridine rings is 1. The van der Waals surface area contributed by atoms with Crippen molar-refractivity contribution in [1.82, 2.24) is 4.98 Å². The number of anilines is 3. The summed E-state index contributed by atoms with van der Waals surface area (Å²) in [6.07, 6.45) is 1.51. The second-order valence-electron chi connectivity index (χ2n) is 4.29. The van der Waals surface area contributed by atoms with Gasteiger partial charge >= 0.3 is 0 Å². The van der Waals surface area contributed by atoms with E-state index in [9.17, 15) is 4.79 Å². The van der Waals surface area contributed by atoms with E-state index < -0.39 is 0 Å². The number of carbonyl (C=O) groups excluding carboxylic acids is 1. The van der Waals surface area contributed by atoms with E-state index in [1.807, 2.05) is 30.3 Å². The Bertz CT molecular complexity index is 641. The minimum absolute atomic E-state index is 0.0144. The first-order valence-electron chi connectivity index (χ1n) is 6.07. The molecule has 0 unspecified atom stereocenters. The summed E-state index contributed by atoms with van der Waals surface area (Å²) in [5, 5.41) is 11.8. The SMILES string of the molecule is CC(=O)N(C)c1ccc(Nc2ccc(C#N)cn2)cc1. The van der Waals surface area contributed by atoms with Crippen LogP contribution in [-0.2, 0) is 4.79 Å². The van der Waals surface area contributed by atoms with Crippen LogP contribution in [0.2, 0.25) is 0 Å². The van der Waals surface area contributed by atoms with E-state index in [1.165, 1.54) is 13.1 Å². The molecule has 0 saturated heterocycles. The van der Waals surface area contributed by atoms with Gasteiger partial charge in [0, 0.05) is 31.5 Å². The summed E-state index contributed by atoms with van der Waals surface area (Å²) in [5.74, 6) is 0.649. The summed E-state index contributed by atoms with van der Waals surface area (Å²) in [6, 6.07) is 12.9. The Balaban J connectivity index is 2.10. The van der Waals surface area contributed by atoms with Crippen LogP contribution in [0.5, 0.6) is 0 Å². The molecule has 5 nitrogen and oxygen atoms in total. The average Bonchev–Trinajstić information content (AvgIpc) is 2.48. The zero-order valence-electron chi connectivity index (χ0n) is 11.3. The van der Waals surface area contributed by atoms with Crippen LogP contribution in [0.4, 0.5) is 17.2 Å². The van der Waals surface area contributed by atoms with Crippen LogP contribution in [0.25, 0.3) is 0 Å². The number of benzene rings is 1. The quantitative estimate of drug-likeness (QED) is 0.927. The van der Waals surface area contributed by atoms with Crippen LogP contribution < -0.4 is 10.2 Å². The van der Waals surface area contributed by atoms with Crippen LogP contribution >= 0.6 is 0 Å². The normalized spacial score (nSPS) is 9.65. The molecule has 1 aromatic carbocycles. The monoisotopic (exact) mass is 266 g/mol. The number of nitriles is 1. The molecule has 20 heavy (non-hydrogen) atoms. The number of aromatic nitrogens is 1. The maximum Gasteiger partial charge on any atom is 0.223 e. The molecule has 0 aliphatic heterocycles. The zero-order valence-corrected chi connectivity index (χ0v) is 11.3. The van der Waals surface area contributed by atoms with E-state index in [1.54, 1.807) is 24.1 Å². The first-order chi connectivity index (χ1) is 9.60. The lowest BCUT2D eigenvalue weighted by atomic mass is 10.2. The topological polar surface area (TPSA) is 69.0 Å². The van der Waals surface area contributed by atoms with Gasteiger partial charge < -0.3 is 10.2 Å². The first kappa shape index (κ1) is 13.6. The molecule has 1 amide bonds. The largest absolute Gasteiger partial charge is 0.340 e. The van der Waals surface area contributed by atoms with Crippen molar-refractivity contribution in [3.05, 3.63) is 48.2 Å². The van der Waals surface area contributed by atoms with Crippen molar-refractivity contribution in [1.29, 1.82) is 5.26 Å². The van der Waals surface area contributed by atoms with Crippen LogP contribution in [0.15, 0.2) is 42.6 Å². The average molecular weight is 266 g/mol. The fraction of sp³-hybridized carbons (Fsp3) is 0.133. The van der Waals surface area contributed by atoms with Crippen molar-refractivity contribution in [3.63, 3.8) is 0 Å². The second-order valence-corrected chi connectivity index (χ2v) is 4.29. The van der Waals surface area contributed by atoms with Crippen molar-refractivity contribution in [3.8, 4) is 6.07 Å². The summed E-state index contributed by atoms with van der Waals surface area (Å²) in [6.45, 7) is 1.52. The summed E-state index contributed by atoms with van der Waals surface area (Å²) in [7, 11) is 1.73. The first-order valence-corrected chi connectivity index (χ1v) is 6.07. The van der Waals surface area contributed by atoms with E-state index >= 15 is 0 Å². The van der Waals surface area contributed by atoms with Crippen molar-refractivity contribution in [2.24, 2.45) is 0 Å². The highest BCUT2D eigenvalue weighted by molar-refractivity contribution is 5.91. The van der Waals surface area contributed by atoms with Crippen molar-refractivity contribution in [2.75, 3.05) is 17.3 Å². The van der Waals surface area contributed by atoms with E-state index in [-0.39, 0.29) is 5.91 Å². The molecule has 0 saturated carbocycles. The maximum atomic E-state index is 11.3. The van der Waals surface area contributed by atoms with Crippen LogP contribution in [0, 0.1) is 11.3 Å². The highest BCUT2D eigenvalue weighted by atomic mass is 16.2. The van der Waals surface area contributed by atoms with Crippen molar-refractivity contribution < 1.29 is 4.79 Å². The molecule has 2 aromatic rings. The highest BCUT2D eigenvalue weighted by Gasteiger charge is 2.05. The number of nitrogens with zero attached hydrogens (tertiary/aromatic N) is 3. The Morgan fingerprint density at radius 3 is 2.45 bits per heavy atom. The number of hydrogen-bond acceptors (Lipinski definition) is 4. The molecular formula is C15H14N4O. The smallest absolute Gasteiger partial charge is 0.223 e. The Morgan fingerprint density at radius 1 is 1.25 bits per heavy atom. The van der Waals surface area contributed by atoms with Gasteiger partial charge in [-0.2, -0.15) is 5.26 Å². The molecule has 0 spiro atoms. The van der Waals surface area contributed by atoms with Gasteiger partial charge in [-0.25, -0.2) is 4.98 Å². The molecule has 0 radical (unpaired) electrons. The molecule has 1 N–H and O–H groups in total. The zero-order chi connectivity index (χ0) is 14.5. The van der Waals surface area contributed by atoms with Gasteiger partial charge in [-0.1, -0.05) is 0 Å². The van der Waals surface area contributed by atoms with Crippen LogP contribution in [0.1, 0.15) is 12.5 Å². The summed E-state index contributed by atoms with van der Waals surface area (Å²) >= 11 is 0. The second kappa shape index (κ2) is 5.85. The van der Waals surface area contributed by atoms with E-state index in [0.29, 0.717) is 11.4 Å². The molecule has 0 bridgehead atoms. The molecule has 1 aromatic heterocycles. The number of rotatable bonds is 3. The maximum absolute atomic E-state index is 11.3. The Hall–Kier alpha value is -2.87. The predicted molar refractivity (Wildman–Crippen MR) is 77.8 cm³/mol. The van der Waals surface area contributed by atoms with Gasteiger partial charge in [0.2, 0.25) is 5.91 Å². The molecule has 0 aliphatic rings. The molecular weight excluding hydrogens is 252 g/mol. The van der Waals surface area contributed by atoms with E-state index in [2.05, 4.69) is 10.3 Å². The summed E-state index contributed by atoms with van der Waals surface area (Å²) in [4.78, 5) is 17.0. The third-order valence-electron chi connectivity index (χ3n) is 2.89. The lowest BCUT2D eigenvalue weighted by molar-refractivity contribution is -0.116. The molecule has 0 atom stereocenters. The van der Waals surface area contributed by atoms with Gasteiger partial charge in [-0.3, -0.25) is 4.79 Å². The van der Waals surface area contributed by atoms with Crippen molar-refractivity contribution in [2.45, 2.75) is 6.92 Å². The summed E-state index contributed by atoms with van der Waals surface area (Å²) < 4.78 is 0. The van der Waals surface area contributed by atoms with Gasteiger partial charge in [-0.15, -0.1) is 0 Å². The minimum atomic E-state index is -0.0144. The van der Waals surface area contributed by atoms with Crippen LogP contribution in [-0.4, -0.2) is 17.9 Å². The lowest BCUT2D eigenvalue weighted by Gasteiger charge is -2.15. The third-order valence-corrected chi connectivity index (χ3v) is 2.89. The van der Waals surface area contributed by atoms with Gasteiger partial charge in [0.25, 0.3) is 0 Å². The van der Waals surface area contributed by atoms with Crippen molar-refractivity contribution >= 4 is 23.1 Å². The number of amides is 1. The molecule has 2 rings (SSSR count). The molecule has 0 fully saturated rings. The van der Waals surface area contributed by atoms with Gasteiger partial charge in [-0.05, 0) is 36.4 Å².